The molecule has 2 fully saturated rings. The molecule has 6 rings (SSSR count). The lowest BCUT2D eigenvalue weighted by molar-refractivity contribution is 0.226. The molecular formula is C31H35ClFN5O2. The average molecular weight is 564 g/mol. The first-order valence-corrected chi connectivity index (χ1v) is 14.4. The first-order valence-electron chi connectivity index (χ1n) is 14.0. The van der Waals surface area contributed by atoms with E-state index in [4.69, 9.17) is 21.3 Å². The van der Waals surface area contributed by atoms with Gasteiger partial charge in [0.05, 0.1) is 11.6 Å². The number of halogens is 2. The molecule has 2 bridgehead atoms. The Kier molecular flexibility index (Phi) is 7.42. The van der Waals surface area contributed by atoms with Crippen molar-refractivity contribution in [1.29, 1.82) is 0 Å². The number of piperazine rings is 1. The molecule has 3 aromatic carbocycles. The molecule has 0 amide bonds. The Bertz CT molecular complexity index is 1550. The van der Waals surface area contributed by atoms with Crippen molar-refractivity contribution in [2.75, 3.05) is 38.2 Å². The highest BCUT2D eigenvalue weighted by Gasteiger charge is 2.34. The zero-order chi connectivity index (χ0) is 28.0. The molecule has 2 aliphatic rings. The molecule has 3 heterocycles. The molecule has 7 nitrogen and oxygen atoms in total. The second-order valence-corrected chi connectivity index (χ2v) is 11.7. The average Bonchev–Trinajstić information content (AvgIpc) is 3.27. The van der Waals surface area contributed by atoms with Crippen LogP contribution in [0.15, 0.2) is 42.5 Å². The van der Waals surface area contributed by atoms with Crippen molar-refractivity contribution < 1.29 is 14.2 Å². The highest BCUT2D eigenvalue weighted by molar-refractivity contribution is 6.35. The summed E-state index contributed by atoms with van der Waals surface area (Å²) in [6.45, 7) is 7.16. The zero-order valence-electron chi connectivity index (χ0n) is 23.1. The molecule has 0 saturated carbocycles. The number of phenols is 1. The summed E-state index contributed by atoms with van der Waals surface area (Å²) in [5.74, 6) is 0.134. The number of fused-ring (bicyclic) bond motifs is 4. The first kappa shape index (κ1) is 27.0. The zero-order valence-corrected chi connectivity index (χ0v) is 23.9. The Morgan fingerprint density at radius 1 is 1.12 bits per heavy atom. The fourth-order valence-electron chi connectivity index (χ4n) is 5.92. The third-order valence-electron chi connectivity index (χ3n) is 8.24. The molecule has 210 valence electrons. The molecule has 2 aliphatic heterocycles. The lowest BCUT2D eigenvalue weighted by Crippen LogP contribution is -2.51. The van der Waals surface area contributed by atoms with Crippen molar-refractivity contribution >= 4 is 39.1 Å². The van der Waals surface area contributed by atoms with Gasteiger partial charge in [0, 0.05) is 48.7 Å². The van der Waals surface area contributed by atoms with Gasteiger partial charge in [-0.25, -0.2) is 4.39 Å². The van der Waals surface area contributed by atoms with E-state index in [1.54, 1.807) is 18.2 Å². The number of nitrogens with one attached hydrogen (secondary N) is 1. The van der Waals surface area contributed by atoms with Crippen LogP contribution in [-0.4, -0.2) is 71.4 Å². The molecular weight excluding hydrogens is 529 g/mol. The van der Waals surface area contributed by atoms with Gasteiger partial charge >= 0.3 is 6.01 Å². The van der Waals surface area contributed by atoms with Gasteiger partial charge in [0.2, 0.25) is 0 Å². The van der Waals surface area contributed by atoms with Crippen molar-refractivity contribution in [1.82, 2.24) is 20.2 Å². The maximum atomic E-state index is 16.6. The maximum Gasteiger partial charge on any atom is 0.319 e. The third kappa shape index (κ3) is 5.16. The minimum atomic E-state index is -0.551. The number of aromatic nitrogens is 2. The van der Waals surface area contributed by atoms with Gasteiger partial charge in [-0.3, -0.25) is 0 Å². The van der Waals surface area contributed by atoms with Crippen LogP contribution in [-0.2, 0) is 0 Å². The molecule has 2 atom stereocenters. The Morgan fingerprint density at radius 3 is 2.62 bits per heavy atom. The van der Waals surface area contributed by atoms with E-state index in [1.807, 2.05) is 24.3 Å². The molecule has 0 spiro atoms. The summed E-state index contributed by atoms with van der Waals surface area (Å²) in [7, 11) is 2.08. The van der Waals surface area contributed by atoms with Gasteiger partial charge in [0.15, 0.2) is 5.82 Å². The molecule has 1 aromatic heterocycles. The van der Waals surface area contributed by atoms with Crippen LogP contribution in [0.1, 0.15) is 33.1 Å². The number of anilines is 1. The molecule has 0 radical (unpaired) electrons. The topological polar surface area (TPSA) is 73.8 Å². The lowest BCUT2D eigenvalue weighted by atomic mass is 9.96. The summed E-state index contributed by atoms with van der Waals surface area (Å²) in [6.07, 6.45) is 3.02. The lowest BCUT2D eigenvalue weighted by Gasteiger charge is -2.34. The molecule has 2 unspecified atom stereocenters. The van der Waals surface area contributed by atoms with Crippen LogP contribution in [0.25, 0.3) is 32.8 Å². The number of ether oxygens (including phenoxy) is 1. The standard InChI is InChI=1S/C31H35ClFN5O2/c1-18(2)37(3)11-6-12-40-31-35-29-25(30(36-31)38-16-20-9-10-21(17-38)34-20)15-26(32)27(28(29)33)24-14-22(39)13-19-7-4-5-8-23(19)24/h4-5,7-8,13-15,18,20-21,34,39H,6,9-12,16-17H2,1-3H3. The summed E-state index contributed by atoms with van der Waals surface area (Å²) in [5.41, 5.74) is 0.882. The normalized spacial score (nSPS) is 18.9. The quantitative estimate of drug-likeness (QED) is 0.255. The van der Waals surface area contributed by atoms with Crippen LogP contribution < -0.4 is 15.0 Å². The highest BCUT2D eigenvalue weighted by Crippen LogP contribution is 2.42. The van der Waals surface area contributed by atoms with Crippen LogP contribution in [0, 0.1) is 5.82 Å². The predicted octanol–water partition coefficient (Wildman–Crippen LogP) is 6.00. The molecule has 9 heteroatoms. The Labute approximate surface area is 238 Å². The smallest absolute Gasteiger partial charge is 0.319 e. The fourth-order valence-corrected chi connectivity index (χ4v) is 6.21. The van der Waals surface area contributed by atoms with Crippen molar-refractivity contribution in [3.63, 3.8) is 0 Å². The van der Waals surface area contributed by atoms with Gasteiger partial charge in [-0.2, -0.15) is 9.97 Å². The Hall–Kier alpha value is -3.20. The van der Waals surface area contributed by atoms with Crippen molar-refractivity contribution in [2.45, 2.75) is 51.2 Å². The number of hydrogen-bond donors (Lipinski definition) is 2. The highest BCUT2D eigenvalue weighted by atomic mass is 35.5. The fraction of sp³-hybridized carbons (Fsp3) is 0.419. The third-order valence-corrected chi connectivity index (χ3v) is 8.54. The number of rotatable bonds is 8. The van der Waals surface area contributed by atoms with Crippen LogP contribution in [0.2, 0.25) is 5.02 Å². The van der Waals surface area contributed by atoms with Gasteiger partial charge in [0.25, 0.3) is 0 Å². The van der Waals surface area contributed by atoms with E-state index in [9.17, 15) is 5.11 Å². The summed E-state index contributed by atoms with van der Waals surface area (Å²) >= 11 is 6.83. The van der Waals surface area contributed by atoms with E-state index >= 15 is 4.39 Å². The number of hydrogen-bond acceptors (Lipinski definition) is 7. The van der Waals surface area contributed by atoms with Gasteiger partial charge in [-0.15, -0.1) is 0 Å². The van der Waals surface area contributed by atoms with E-state index < -0.39 is 5.82 Å². The molecule has 40 heavy (non-hydrogen) atoms. The van der Waals surface area contributed by atoms with Crippen molar-refractivity contribution in [3.05, 3.63) is 53.3 Å². The van der Waals surface area contributed by atoms with Gasteiger partial charge in [-0.1, -0.05) is 35.9 Å². The molecule has 0 aliphatic carbocycles. The number of benzene rings is 3. The van der Waals surface area contributed by atoms with Gasteiger partial charge in [0.1, 0.15) is 17.1 Å². The summed E-state index contributed by atoms with van der Waals surface area (Å²) in [4.78, 5) is 13.8. The molecule has 4 aromatic rings. The first-order chi connectivity index (χ1) is 19.3. The van der Waals surface area contributed by atoms with E-state index in [2.05, 4.69) is 41.0 Å². The van der Waals surface area contributed by atoms with E-state index in [1.165, 1.54) is 0 Å². The largest absolute Gasteiger partial charge is 0.508 e. The summed E-state index contributed by atoms with van der Waals surface area (Å²) in [6, 6.07) is 13.9. The monoisotopic (exact) mass is 563 g/mol. The Balaban J connectivity index is 1.45. The summed E-state index contributed by atoms with van der Waals surface area (Å²) in [5, 5.41) is 16.5. The van der Waals surface area contributed by atoms with E-state index in [0.29, 0.717) is 41.5 Å². The number of aromatic hydroxyl groups is 1. The number of nitrogens with zero attached hydrogens (tertiary/aromatic N) is 4. The van der Waals surface area contributed by atoms with Crippen LogP contribution in [0.5, 0.6) is 11.8 Å². The Morgan fingerprint density at radius 2 is 1.88 bits per heavy atom. The van der Waals surface area contributed by atoms with Crippen LogP contribution in [0.4, 0.5) is 10.2 Å². The SMILES string of the molecule is CC(C)N(C)CCCOc1nc(N2CC3CCC(C2)N3)c2cc(Cl)c(-c3cc(O)cc4ccccc34)c(F)c2n1. The van der Waals surface area contributed by atoms with Gasteiger partial charge in [-0.05, 0) is 74.7 Å². The minimum absolute atomic E-state index is 0.0410. The molecule has 2 saturated heterocycles. The van der Waals surface area contributed by atoms with Crippen LogP contribution >= 0.6 is 11.6 Å². The van der Waals surface area contributed by atoms with E-state index in [-0.39, 0.29) is 27.9 Å². The second-order valence-electron chi connectivity index (χ2n) is 11.3. The second kappa shape index (κ2) is 11.0. The van der Waals surface area contributed by atoms with Crippen LogP contribution in [0.3, 0.4) is 0 Å². The molecule has 2 N–H and O–H groups in total. The van der Waals surface area contributed by atoms with Crippen molar-refractivity contribution in [3.8, 4) is 22.9 Å². The predicted molar refractivity (Wildman–Crippen MR) is 159 cm³/mol. The minimum Gasteiger partial charge on any atom is -0.508 e. The number of phenolic OH excluding ortho intramolecular Hbond substituents is 1. The van der Waals surface area contributed by atoms with E-state index in [0.717, 1.165) is 49.7 Å². The summed E-state index contributed by atoms with van der Waals surface area (Å²) < 4.78 is 22.6. The maximum absolute atomic E-state index is 16.6. The van der Waals surface area contributed by atoms with Gasteiger partial charge < -0.3 is 25.0 Å². The van der Waals surface area contributed by atoms with Crippen molar-refractivity contribution in [2.24, 2.45) is 0 Å².